The second kappa shape index (κ2) is 5.87. The van der Waals surface area contributed by atoms with E-state index in [0.717, 1.165) is 16.8 Å². The quantitative estimate of drug-likeness (QED) is 0.910. The third kappa shape index (κ3) is 3.02. The molecule has 2 rings (SSSR count). The highest BCUT2D eigenvalue weighted by molar-refractivity contribution is 5.60. The minimum Gasteiger partial charge on any atom is -0.481 e. The van der Waals surface area contributed by atoms with Crippen molar-refractivity contribution in [3.8, 4) is 11.9 Å². The van der Waals surface area contributed by atoms with Crippen LogP contribution in [0.25, 0.3) is 0 Å². The number of hydrogen-bond acceptors (Lipinski definition) is 4. The number of ether oxygens (including phenoxy) is 1. The Labute approximate surface area is 112 Å². The number of anilines is 1. The molecule has 2 aromatic rings. The Morgan fingerprint density at radius 2 is 2.16 bits per heavy atom. The molecular formula is C15H15N3O. The van der Waals surface area contributed by atoms with Gasteiger partial charge in [-0.15, -0.1) is 0 Å². The summed E-state index contributed by atoms with van der Waals surface area (Å²) in [4.78, 5) is 4.14. The maximum atomic E-state index is 9.15. The van der Waals surface area contributed by atoms with Crippen LogP contribution >= 0.6 is 0 Å². The third-order valence-electron chi connectivity index (χ3n) is 2.87. The molecule has 19 heavy (non-hydrogen) atoms. The number of nitriles is 1. The van der Waals surface area contributed by atoms with Gasteiger partial charge >= 0.3 is 0 Å². The van der Waals surface area contributed by atoms with E-state index >= 15 is 0 Å². The summed E-state index contributed by atoms with van der Waals surface area (Å²) in [5.41, 5.74) is 3.54. The highest BCUT2D eigenvalue weighted by Gasteiger charge is 2.04. The van der Waals surface area contributed by atoms with E-state index in [9.17, 15) is 0 Å². The van der Waals surface area contributed by atoms with Crippen LogP contribution in [-0.4, -0.2) is 12.1 Å². The fourth-order valence-electron chi connectivity index (χ4n) is 1.80. The SMILES string of the molecule is COc1ccc(CNc2cccc(C)c2C#N)cn1. The summed E-state index contributed by atoms with van der Waals surface area (Å²) >= 11 is 0. The predicted octanol–water partition coefficient (Wildman–Crippen LogP) is 2.88. The van der Waals surface area contributed by atoms with E-state index in [4.69, 9.17) is 10.00 Å². The van der Waals surface area contributed by atoms with Crippen LogP contribution in [0.1, 0.15) is 16.7 Å². The molecule has 0 saturated heterocycles. The van der Waals surface area contributed by atoms with Gasteiger partial charge in [-0.2, -0.15) is 5.26 Å². The molecule has 4 nitrogen and oxygen atoms in total. The molecule has 0 amide bonds. The lowest BCUT2D eigenvalue weighted by Gasteiger charge is -2.10. The maximum absolute atomic E-state index is 9.15. The van der Waals surface area contributed by atoms with E-state index in [1.807, 2.05) is 37.3 Å². The van der Waals surface area contributed by atoms with Crippen molar-refractivity contribution in [2.45, 2.75) is 13.5 Å². The fraction of sp³-hybridized carbons (Fsp3) is 0.200. The first-order valence-electron chi connectivity index (χ1n) is 5.97. The van der Waals surface area contributed by atoms with Gasteiger partial charge in [-0.3, -0.25) is 0 Å². The summed E-state index contributed by atoms with van der Waals surface area (Å²) in [5.74, 6) is 0.594. The molecule has 0 radical (unpaired) electrons. The second-order valence-corrected chi connectivity index (χ2v) is 4.17. The van der Waals surface area contributed by atoms with Crippen molar-refractivity contribution >= 4 is 5.69 Å². The number of nitrogens with zero attached hydrogens (tertiary/aromatic N) is 2. The molecule has 0 aliphatic carbocycles. The molecule has 0 spiro atoms. The zero-order valence-corrected chi connectivity index (χ0v) is 11.0. The van der Waals surface area contributed by atoms with Crippen molar-refractivity contribution in [1.82, 2.24) is 4.98 Å². The molecule has 96 valence electrons. The number of aromatic nitrogens is 1. The van der Waals surface area contributed by atoms with Crippen molar-refractivity contribution in [2.75, 3.05) is 12.4 Å². The van der Waals surface area contributed by atoms with Gasteiger partial charge in [0.05, 0.1) is 18.4 Å². The van der Waals surface area contributed by atoms with Crippen LogP contribution in [0.3, 0.4) is 0 Å². The topological polar surface area (TPSA) is 57.9 Å². The average Bonchev–Trinajstić information content (AvgIpc) is 2.45. The van der Waals surface area contributed by atoms with Crippen LogP contribution in [0.2, 0.25) is 0 Å². The van der Waals surface area contributed by atoms with Crippen molar-refractivity contribution in [3.63, 3.8) is 0 Å². The molecule has 0 bridgehead atoms. The van der Waals surface area contributed by atoms with E-state index in [1.165, 1.54) is 0 Å². The van der Waals surface area contributed by atoms with Gasteiger partial charge in [-0.1, -0.05) is 18.2 Å². The van der Waals surface area contributed by atoms with Crippen LogP contribution in [0, 0.1) is 18.3 Å². The molecule has 1 heterocycles. The van der Waals surface area contributed by atoms with E-state index in [-0.39, 0.29) is 0 Å². The van der Waals surface area contributed by atoms with E-state index in [1.54, 1.807) is 13.3 Å². The fourth-order valence-corrected chi connectivity index (χ4v) is 1.80. The minimum atomic E-state index is 0.594. The summed E-state index contributed by atoms with van der Waals surface area (Å²) in [6, 6.07) is 11.8. The number of pyridine rings is 1. The number of hydrogen-bond donors (Lipinski definition) is 1. The van der Waals surface area contributed by atoms with Gasteiger partial charge in [-0.05, 0) is 24.1 Å². The van der Waals surface area contributed by atoms with Crippen molar-refractivity contribution in [3.05, 3.63) is 53.2 Å². The van der Waals surface area contributed by atoms with Gasteiger partial charge in [-0.25, -0.2) is 4.98 Å². The average molecular weight is 253 g/mol. The largest absolute Gasteiger partial charge is 0.481 e. The second-order valence-electron chi connectivity index (χ2n) is 4.17. The number of methoxy groups -OCH3 is 1. The Morgan fingerprint density at radius 1 is 1.32 bits per heavy atom. The standard InChI is InChI=1S/C15H15N3O/c1-11-4-3-5-14(13(11)8-16)17-9-12-6-7-15(19-2)18-10-12/h3-7,10,17H,9H2,1-2H3. The Balaban J connectivity index is 2.10. The van der Waals surface area contributed by atoms with Crippen LogP contribution in [-0.2, 0) is 6.54 Å². The van der Waals surface area contributed by atoms with E-state index < -0.39 is 0 Å². The molecule has 1 N–H and O–H groups in total. The number of nitrogens with one attached hydrogen (secondary N) is 1. The molecule has 4 heteroatoms. The summed E-state index contributed by atoms with van der Waals surface area (Å²) in [6.45, 7) is 2.55. The first-order valence-corrected chi connectivity index (χ1v) is 5.97. The number of rotatable bonds is 4. The van der Waals surface area contributed by atoms with Crippen LogP contribution < -0.4 is 10.1 Å². The highest BCUT2D eigenvalue weighted by atomic mass is 16.5. The first kappa shape index (κ1) is 12.9. The molecule has 1 aromatic carbocycles. The van der Waals surface area contributed by atoms with Gasteiger partial charge in [0.1, 0.15) is 6.07 Å². The Kier molecular flexibility index (Phi) is 3.99. The Morgan fingerprint density at radius 3 is 2.79 bits per heavy atom. The number of aryl methyl sites for hydroxylation is 1. The summed E-state index contributed by atoms with van der Waals surface area (Å²) in [5, 5.41) is 12.4. The molecular weight excluding hydrogens is 238 g/mol. The summed E-state index contributed by atoms with van der Waals surface area (Å²) < 4.78 is 5.01. The van der Waals surface area contributed by atoms with E-state index in [0.29, 0.717) is 18.0 Å². The van der Waals surface area contributed by atoms with Crippen molar-refractivity contribution < 1.29 is 4.74 Å². The molecule has 1 aromatic heterocycles. The summed E-state index contributed by atoms with van der Waals surface area (Å²) in [6.07, 6.45) is 1.76. The first-order chi connectivity index (χ1) is 9.24. The Hall–Kier alpha value is -2.54. The van der Waals surface area contributed by atoms with Gasteiger partial charge in [0, 0.05) is 18.8 Å². The highest BCUT2D eigenvalue weighted by Crippen LogP contribution is 2.19. The lowest BCUT2D eigenvalue weighted by molar-refractivity contribution is 0.397. The minimum absolute atomic E-state index is 0.594. The van der Waals surface area contributed by atoms with Crippen LogP contribution in [0.4, 0.5) is 5.69 Å². The van der Waals surface area contributed by atoms with Gasteiger partial charge in [0.2, 0.25) is 5.88 Å². The lowest BCUT2D eigenvalue weighted by Crippen LogP contribution is -2.02. The summed E-state index contributed by atoms with van der Waals surface area (Å²) in [7, 11) is 1.59. The molecule has 0 aliphatic rings. The van der Waals surface area contributed by atoms with Crippen molar-refractivity contribution in [2.24, 2.45) is 0 Å². The van der Waals surface area contributed by atoms with Gasteiger partial charge in [0.25, 0.3) is 0 Å². The lowest BCUT2D eigenvalue weighted by atomic mass is 10.1. The van der Waals surface area contributed by atoms with Crippen molar-refractivity contribution in [1.29, 1.82) is 5.26 Å². The van der Waals surface area contributed by atoms with Gasteiger partial charge < -0.3 is 10.1 Å². The molecule has 0 atom stereocenters. The smallest absolute Gasteiger partial charge is 0.212 e. The predicted molar refractivity (Wildman–Crippen MR) is 74.0 cm³/mol. The molecule has 0 saturated carbocycles. The zero-order valence-electron chi connectivity index (χ0n) is 11.0. The van der Waals surface area contributed by atoms with E-state index in [2.05, 4.69) is 16.4 Å². The van der Waals surface area contributed by atoms with Crippen LogP contribution in [0.15, 0.2) is 36.5 Å². The zero-order chi connectivity index (χ0) is 13.7. The molecule has 0 aliphatic heterocycles. The Bertz CT molecular complexity index is 600. The number of benzene rings is 1. The van der Waals surface area contributed by atoms with Crippen LogP contribution in [0.5, 0.6) is 5.88 Å². The van der Waals surface area contributed by atoms with Gasteiger partial charge in [0.15, 0.2) is 0 Å². The maximum Gasteiger partial charge on any atom is 0.212 e. The monoisotopic (exact) mass is 253 g/mol. The normalized spacial score (nSPS) is 9.74. The third-order valence-corrected chi connectivity index (χ3v) is 2.87. The molecule has 0 fully saturated rings. The molecule has 0 unspecified atom stereocenters.